The molecule has 3 rings (SSSR count). The van der Waals surface area contributed by atoms with E-state index in [0.29, 0.717) is 25.1 Å². The summed E-state index contributed by atoms with van der Waals surface area (Å²) in [6.07, 6.45) is 3.00. The first-order valence-corrected chi connectivity index (χ1v) is 8.48. The molecule has 2 aliphatic rings. The highest BCUT2D eigenvalue weighted by Crippen LogP contribution is 2.20. The van der Waals surface area contributed by atoms with Gasteiger partial charge in [0.25, 0.3) is 5.91 Å². The maximum absolute atomic E-state index is 12.6. The van der Waals surface area contributed by atoms with E-state index in [0.717, 1.165) is 37.9 Å². The lowest BCUT2D eigenvalue weighted by Crippen LogP contribution is -2.54. The zero-order valence-electron chi connectivity index (χ0n) is 13.7. The number of urea groups is 1. The summed E-state index contributed by atoms with van der Waals surface area (Å²) in [5.41, 5.74) is 1.58. The zero-order valence-corrected chi connectivity index (χ0v) is 13.7. The van der Waals surface area contributed by atoms with Gasteiger partial charge in [0.05, 0.1) is 12.5 Å². The molecular weight excluding hydrogens is 304 g/mol. The van der Waals surface area contributed by atoms with Crippen molar-refractivity contribution in [3.63, 3.8) is 0 Å². The standard InChI is InChI=1S/C18H22N4O2/c19-9-6-14-2-4-15(5-3-14)17(23)21-12-7-16(8-13-21)22-11-1-10-20-18(22)24/h2-5,16H,1,6-8,10-13H2,(H,20,24). The number of nitriles is 1. The Bertz CT molecular complexity index is 642. The number of benzene rings is 1. The largest absolute Gasteiger partial charge is 0.338 e. The Kier molecular flexibility index (Phi) is 4.99. The van der Waals surface area contributed by atoms with Crippen LogP contribution in [0.3, 0.4) is 0 Å². The van der Waals surface area contributed by atoms with Crippen LogP contribution >= 0.6 is 0 Å². The van der Waals surface area contributed by atoms with Crippen molar-refractivity contribution in [3.05, 3.63) is 35.4 Å². The summed E-state index contributed by atoms with van der Waals surface area (Å²) in [4.78, 5) is 28.3. The Morgan fingerprint density at radius 2 is 1.92 bits per heavy atom. The van der Waals surface area contributed by atoms with Crippen molar-refractivity contribution < 1.29 is 9.59 Å². The molecular formula is C18H22N4O2. The van der Waals surface area contributed by atoms with Crippen LogP contribution in [0, 0.1) is 11.3 Å². The molecule has 24 heavy (non-hydrogen) atoms. The van der Waals surface area contributed by atoms with Gasteiger partial charge in [-0.3, -0.25) is 4.79 Å². The third kappa shape index (κ3) is 3.51. The summed E-state index contributed by atoms with van der Waals surface area (Å²) in [5, 5.41) is 11.6. The second-order valence-corrected chi connectivity index (χ2v) is 6.33. The summed E-state index contributed by atoms with van der Waals surface area (Å²) in [6, 6.07) is 9.61. The number of carbonyl (C=O) groups is 2. The van der Waals surface area contributed by atoms with Gasteiger partial charge in [-0.05, 0) is 37.0 Å². The SMILES string of the molecule is N#CCc1ccc(C(=O)N2CCC(N3CCCNC3=O)CC2)cc1. The lowest BCUT2D eigenvalue weighted by molar-refractivity contribution is 0.0642. The number of hydrogen-bond donors (Lipinski definition) is 1. The fraction of sp³-hybridized carbons (Fsp3) is 0.500. The molecule has 2 heterocycles. The number of likely N-dealkylation sites (tertiary alicyclic amines) is 1. The quantitative estimate of drug-likeness (QED) is 0.920. The molecule has 1 aromatic carbocycles. The van der Waals surface area contributed by atoms with Gasteiger partial charge in [-0.1, -0.05) is 12.1 Å². The van der Waals surface area contributed by atoms with E-state index in [4.69, 9.17) is 5.26 Å². The van der Waals surface area contributed by atoms with E-state index in [1.54, 1.807) is 12.1 Å². The second-order valence-electron chi connectivity index (χ2n) is 6.33. The zero-order chi connectivity index (χ0) is 16.9. The molecule has 126 valence electrons. The smallest absolute Gasteiger partial charge is 0.317 e. The molecule has 0 aromatic heterocycles. The fourth-order valence-electron chi connectivity index (χ4n) is 3.42. The third-order valence-electron chi connectivity index (χ3n) is 4.79. The summed E-state index contributed by atoms with van der Waals surface area (Å²) in [6.45, 7) is 2.92. The molecule has 1 N–H and O–H groups in total. The van der Waals surface area contributed by atoms with Crippen LogP contribution in [0.15, 0.2) is 24.3 Å². The molecule has 2 saturated heterocycles. The van der Waals surface area contributed by atoms with Gasteiger partial charge in [-0.25, -0.2) is 4.79 Å². The Morgan fingerprint density at radius 1 is 1.21 bits per heavy atom. The highest BCUT2D eigenvalue weighted by atomic mass is 16.2. The molecule has 6 nitrogen and oxygen atoms in total. The lowest BCUT2D eigenvalue weighted by Gasteiger charge is -2.40. The second kappa shape index (κ2) is 7.35. The maximum Gasteiger partial charge on any atom is 0.317 e. The van der Waals surface area contributed by atoms with E-state index in [1.807, 2.05) is 21.9 Å². The third-order valence-corrected chi connectivity index (χ3v) is 4.79. The fourth-order valence-corrected chi connectivity index (χ4v) is 3.42. The number of amides is 3. The van der Waals surface area contributed by atoms with Gasteiger partial charge in [0.1, 0.15) is 0 Å². The van der Waals surface area contributed by atoms with Crippen molar-refractivity contribution in [1.29, 1.82) is 5.26 Å². The molecule has 2 aliphatic heterocycles. The van der Waals surface area contributed by atoms with Crippen LogP contribution in [0.4, 0.5) is 4.79 Å². The normalized spacial score (nSPS) is 18.9. The molecule has 0 bridgehead atoms. The molecule has 3 amide bonds. The Labute approximate surface area is 142 Å². The lowest BCUT2D eigenvalue weighted by atomic mass is 10.0. The van der Waals surface area contributed by atoms with Gasteiger partial charge in [-0.15, -0.1) is 0 Å². The van der Waals surface area contributed by atoms with Gasteiger partial charge in [0, 0.05) is 37.8 Å². The highest BCUT2D eigenvalue weighted by molar-refractivity contribution is 5.94. The van der Waals surface area contributed by atoms with E-state index in [9.17, 15) is 9.59 Å². The Morgan fingerprint density at radius 3 is 2.54 bits per heavy atom. The number of piperidine rings is 1. The summed E-state index contributed by atoms with van der Waals surface area (Å²) >= 11 is 0. The minimum absolute atomic E-state index is 0.0270. The van der Waals surface area contributed by atoms with Gasteiger partial charge in [0.15, 0.2) is 0 Å². The number of rotatable bonds is 3. The average Bonchev–Trinajstić information content (AvgIpc) is 2.63. The van der Waals surface area contributed by atoms with Crippen LogP contribution in [0.25, 0.3) is 0 Å². The van der Waals surface area contributed by atoms with Gasteiger partial charge < -0.3 is 15.1 Å². The van der Waals surface area contributed by atoms with E-state index < -0.39 is 0 Å². The Balaban J connectivity index is 1.57. The molecule has 0 radical (unpaired) electrons. The minimum atomic E-state index is 0.0270. The van der Waals surface area contributed by atoms with Crippen molar-refractivity contribution in [2.75, 3.05) is 26.2 Å². The van der Waals surface area contributed by atoms with Crippen LogP contribution in [-0.2, 0) is 6.42 Å². The van der Waals surface area contributed by atoms with Crippen molar-refractivity contribution in [1.82, 2.24) is 15.1 Å². The molecule has 0 unspecified atom stereocenters. The van der Waals surface area contributed by atoms with Crippen molar-refractivity contribution in [2.24, 2.45) is 0 Å². The van der Waals surface area contributed by atoms with Crippen LogP contribution < -0.4 is 5.32 Å². The van der Waals surface area contributed by atoms with E-state index >= 15 is 0 Å². The molecule has 0 aliphatic carbocycles. The molecule has 1 aromatic rings. The van der Waals surface area contributed by atoms with Gasteiger partial charge in [-0.2, -0.15) is 5.26 Å². The van der Waals surface area contributed by atoms with Crippen LogP contribution in [0.2, 0.25) is 0 Å². The van der Waals surface area contributed by atoms with Crippen LogP contribution in [0.5, 0.6) is 0 Å². The highest BCUT2D eigenvalue weighted by Gasteiger charge is 2.30. The first-order chi connectivity index (χ1) is 11.7. The number of carbonyl (C=O) groups excluding carboxylic acids is 2. The van der Waals surface area contributed by atoms with E-state index in [1.165, 1.54) is 0 Å². The van der Waals surface area contributed by atoms with Crippen LogP contribution in [-0.4, -0.2) is 54.0 Å². The number of nitrogens with zero attached hydrogens (tertiary/aromatic N) is 3. The van der Waals surface area contributed by atoms with Crippen molar-refractivity contribution in [3.8, 4) is 6.07 Å². The summed E-state index contributed by atoms with van der Waals surface area (Å²) in [7, 11) is 0. The van der Waals surface area contributed by atoms with E-state index in [-0.39, 0.29) is 18.0 Å². The minimum Gasteiger partial charge on any atom is -0.338 e. The average molecular weight is 326 g/mol. The topological polar surface area (TPSA) is 76.4 Å². The molecule has 0 atom stereocenters. The summed E-state index contributed by atoms with van der Waals surface area (Å²) < 4.78 is 0. The Hall–Kier alpha value is -2.55. The molecule has 0 spiro atoms. The first-order valence-electron chi connectivity index (χ1n) is 8.48. The van der Waals surface area contributed by atoms with Crippen molar-refractivity contribution >= 4 is 11.9 Å². The number of nitrogens with one attached hydrogen (secondary N) is 1. The summed E-state index contributed by atoms with van der Waals surface area (Å²) in [5.74, 6) is 0.0278. The van der Waals surface area contributed by atoms with Gasteiger partial charge in [0.2, 0.25) is 0 Å². The predicted octanol–water partition coefficient (Wildman–Crippen LogP) is 1.77. The van der Waals surface area contributed by atoms with Gasteiger partial charge >= 0.3 is 6.03 Å². The monoisotopic (exact) mass is 326 g/mol. The van der Waals surface area contributed by atoms with E-state index in [2.05, 4.69) is 11.4 Å². The number of hydrogen-bond acceptors (Lipinski definition) is 3. The molecule has 2 fully saturated rings. The van der Waals surface area contributed by atoms with Crippen LogP contribution in [0.1, 0.15) is 35.2 Å². The predicted molar refractivity (Wildman–Crippen MR) is 89.4 cm³/mol. The van der Waals surface area contributed by atoms with Crippen molar-refractivity contribution in [2.45, 2.75) is 31.7 Å². The molecule has 0 saturated carbocycles. The maximum atomic E-state index is 12.6. The molecule has 6 heteroatoms. The first kappa shape index (κ1) is 16.3.